The van der Waals surface area contributed by atoms with Gasteiger partial charge >= 0.3 is 0 Å². The zero-order valence-corrected chi connectivity index (χ0v) is 21.1. The normalized spacial score (nSPS) is 17.2. The van der Waals surface area contributed by atoms with Crippen molar-refractivity contribution in [1.82, 2.24) is 30.1 Å². The van der Waals surface area contributed by atoms with Gasteiger partial charge in [-0.2, -0.15) is 5.10 Å². The number of hydrogen-bond acceptors (Lipinski definition) is 9. The van der Waals surface area contributed by atoms with E-state index >= 15 is 0 Å². The third-order valence-corrected chi connectivity index (χ3v) is 6.16. The highest BCUT2D eigenvalue weighted by Gasteiger charge is 2.27. The van der Waals surface area contributed by atoms with Gasteiger partial charge in [-0.3, -0.25) is 9.59 Å². The predicted octanol–water partition coefficient (Wildman–Crippen LogP) is 0.909. The molecule has 0 spiro atoms. The van der Waals surface area contributed by atoms with Crippen LogP contribution in [0.15, 0.2) is 39.5 Å². The highest BCUT2D eigenvalue weighted by Crippen LogP contribution is 2.21. The van der Waals surface area contributed by atoms with E-state index in [1.807, 2.05) is 17.9 Å². The summed E-state index contributed by atoms with van der Waals surface area (Å²) >= 11 is 0. The van der Waals surface area contributed by atoms with Gasteiger partial charge in [0.05, 0.1) is 31.1 Å². The molecule has 2 aliphatic rings. The van der Waals surface area contributed by atoms with Gasteiger partial charge in [-0.15, -0.1) is 0 Å². The standard InChI is InChI=1S/C24H34N8O4/c1-5-19(29-24(30(4)25-3)26-14-18-6-12-36-13-7-18)20(15-33)31-8-10-32(11-9-31)23(35)21-22(34)17(2)27-16-28-21/h6,15-16,34H,3,5,7-14H2,1-2,4H3,(H,26,29)/b20-19+. The van der Waals surface area contributed by atoms with Gasteiger partial charge in [0.15, 0.2) is 17.7 Å². The van der Waals surface area contributed by atoms with E-state index in [4.69, 9.17) is 4.74 Å². The second-order valence-corrected chi connectivity index (χ2v) is 8.39. The molecule has 0 radical (unpaired) electrons. The lowest BCUT2D eigenvalue weighted by molar-refractivity contribution is -0.106. The third-order valence-electron chi connectivity index (χ3n) is 6.16. The molecule has 3 rings (SSSR count). The van der Waals surface area contributed by atoms with Crippen LogP contribution in [-0.2, 0) is 9.53 Å². The largest absolute Gasteiger partial charge is 0.504 e. The van der Waals surface area contributed by atoms with Gasteiger partial charge in [-0.25, -0.2) is 20.0 Å². The molecule has 12 nitrogen and oxygen atoms in total. The number of aryl methyl sites for hydroxylation is 1. The fourth-order valence-corrected chi connectivity index (χ4v) is 3.90. The summed E-state index contributed by atoms with van der Waals surface area (Å²) in [5, 5.41) is 18.9. The summed E-state index contributed by atoms with van der Waals surface area (Å²) < 4.78 is 5.35. The molecule has 1 amide bonds. The number of aromatic hydroxyl groups is 1. The number of allylic oxidation sites excluding steroid dienone is 2. The van der Waals surface area contributed by atoms with Gasteiger partial charge in [0.25, 0.3) is 5.91 Å². The summed E-state index contributed by atoms with van der Waals surface area (Å²) in [5.41, 5.74) is 2.71. The van der Waals surface area contributed by atoms with Gasteiger partial charge < -0.3 is 25.0 Å². The first-order valence-electron chi connectivity index (χ1n) is 11.9. The fourth-order valence-electron chi connectivity index (χ4n) is 3.90. The van der Waals surface area contributed by atoms with Crippen molar-refractivity contribution in [2.45, 2.75) is 26.7 Å². The number of aliphatic imine (C=N–C) groups is 1. The highest BCUT2D eigenvalue weighted by atomic mass is 16.5. The number of piperazine rings is 1. The Hall–Kier alpha value is -3.80. The number of hydrogen-bond donors (Lipinski definition) is 2. The molecule has 0 aliphatic carbocycles. The maximum Gasteiger partial charge on any atom is 0.276 e. The lowest BCUT2D eigenvalue weighted by atomic mass is 10.1. The van der Waals surface area contributed by atoms with E-state index in [0.29, 0.717) is 75.4 Å². The van der Waals surface area contributed by atoms with E-state index in [1.165, 1.54) is 16.9 Å². The SMILES string of the molecule is C=NN(C)C(=NCC1=CCOCC1)N/C(CC)=C(\C=O)N1CCN(C(=O)c2ncnc(C)c2O)CC1. The molecular formula is C24H34N8O4. The van der Waals surface area contributed by atoms with E-state index in [1.54, 1.807) is 18.9 Å². The molecule has 0 unspecified atom stereocenters. The van der Waals surface area contributed by atoms with Crippen LogP contribution in [-0.4, -0.2) is 108 Å². The Morgan fingerprint density at radius 1 is 1.31 bits per heavy atom. The van der Waals surface area contributed by atoms with Crippen molar-refractivity contribution < 1.29 is 19.4 Å². The molecule has 1 aromatic heterocycles. The van der Waals surface area contributed by atoms with Gasteiger partial charge in [-0.05, 0) is 25.3 Å². The Kier molecular flexibility index (Phi) is 9.51. The van der Waals surface area contributed by atoms with Crippen molar-refractivity contribution in [1.29, 1.82) is 0 Å². The van der Waals surface area contributed by atoms with Crippen LogP contribution in [0.2, 0.25) is 0 Å². The number of carbonyl (C=O) groups is 2. The minimum atomic E-state index is -0.362. The molecular weight excluding hydrogens is 464 g/mol. The number of carbonyl (C=O) groups excluding carboxylic acids is 2. The van der Waals surface area contributed by atoms with E-state index < -0.39 is 0 Å². The van der Waals surface area contributed by atoms with E-state index in [2.05, 4.69) is 32.1 Å². The zero-order chi connectivity index (χ0) is 26.1. The molecule has 0 atom stereocenters. The van der Waals surface area contributed by atoms with Gasteiger partial charge in [0.1, 0.15) is 6.33 Å². The number of nitrogens with one attached hydrogen (secondary N) is 1. The molecule has 0 bridgehead atoms. The summed E-state index contributed by atoms with van der Waals surface area (Å²) in [6, 6.07) is 0. The quantitative estimate of drug-likeness (QED) is 0.134. The number of guanidine groups is 1. The van der Waals surface area contributed by atoms with Crippen molar-refractivity contribution in [3.05, 3.63) is 40.8 Å². The van der Waals surface area contributed by atoms with E-state index in [0.717, 1.165) is 12.7 Å². The number of aromatic nitrogens is 2. The molecule has 1 saturated heterocycles. The van der Waals surface area contributed by atoms with Gasteiger partial charge in [-0.1, -0.05) is 13.0 Å². The van der Waals surface area contributed by atoms with E-state index in [9.17, 15) is 14.7 Å². The lowest BCUT2D eigenvalue weighted by Crippen LogP contribution is -2.49. The first-order valence-corrected chi connectivity index (χ1v) is 11.9. The molecule has 2 N–H and O–H groups in total. The predicted molar refractivity (Wildman–Crippen MR) is 136 cm³/mol. The molecule has 194 valence electrons. The Labute approximate surface area is 211 Å². The van der Waals surface area contributed by atoms with Gasteiger partial charge in [0.2, 0.25) is 5.96 Å². The van der Waals surface area contributed by atoms with Crippen LogP contribution in [0.5, 0.6) is 5.75 Å². The van der Waals surface area contributed by atoms with Crippen molar-refractivity contribution in [2.75, 3.05) is 53.0 Å². The maximum atomic E-state index is 12.9. The zero-order valence-electron chi connectivity index (χ0n) is 21.1. The van der Waals surface area contributed by atoms with Crippen LogP contribution in [0.3, 0.4) is 0 Å². The first kappa shape index (κ1) is 26.8. The molecule has 2 aliphatic heterocycles. The first-order chi connectivity index (χ1) is 17.4. The Morgan fingerprint density at radius 2 is 2.03 bits per heavy atom. The van der Waals surface area contributed by atoms with Crippen LogP contribution in [0, 0.1) is 6.92 Å². The van der Waals surface area contributed by atoms with E-state index in [-0.39, 0.29) is 17.4 Å². The molecule has 36 heavy (non-hydrogen) atoms. The molecule has 0 saturated carbocycles. The molecule has 1 aromatic rings. The summed E-state index contributed by atoms with van der Waals surface area (Å²) in [4.78, 5) is 41.1. The third kappa shape index (κ3) is 6.45. The second kappa shape index (κ2) is 12.8. The number of ether oxygens (including phenoxy) is 1. The van der Waals surface area contributed by atoms with Crippen LogP contribution in [0.25, 0.3) is 0 Å². The summed E-state index contributed by atoms with van der Waals surface area (Å²) in [5.74, 6) is -0.0881. The lowest BCUT2D eigenvalue weighted by Gasteiger charge is -2.36. The molecule has 1 fully saturated rings. The van der Waals surface area contributed by atoms with Crippen LogP contribution >= 0.6 is 0 Å². The minimum Gasteiger partial charge on any atom is -0.504 e. The van der Waals surface area contributed by atoms with Crippen molar-refractivity contribution in [3.63, 3.8) is 0 Å². The van der Waals surface area contributed by atoms with Crippen molar-refractivity contribution in [3.8, 4) is 5.75 Å². The number of aldehydes is 1. The van der Waals surface area contributed by atoms with Crippen molar-refractivity contribution >= 4 is 24.9 Å². The van der Waals surface area contributed by atoms with Crippen LogP contribution in [0.4, 0.5) is 0 Å². The molecule has 3 heterocycles. The topological polar surface area (TPSA) is 136 Å². The monoisotopic (exact) mass is 498 g/mol. The minimum absolute atomic E-state index is 0.0153. The number of nitrogens with zero attached hydrogens (tertiary/aromatic N) is 7. The second-order valence-electron chi connectivity index (χ2n) is 8.39. The van der Waals surface area contributed by atoms with Crippen LogP contribution in [0.1, 0.15) is 35.9 Å². The average Bonchev–Trinajstić information content (AvgIpc) is 2.92. The average molecular weight is 499 g/mol. The molecule has 0 aromatic carbocycles. The van der Waals surface area contributed by atoms with Gasteiger partial charge in [0, 0.05) is 45.6 Å². The number of rotatable bonds is 8. The number of hydrazone groups is 1. The molecule has 12 heteroatoms. The fraction of sp³-hybridized carbons (Fsp3) is 0.500. The van der Waals surface area contributed by atoms with Crippen molar-refractivity contribution in [2.24, 2.45) is 10.1 Å². The summed E-state index contributed by atoms with van der Waals surface area (Å²) in [6.07, 6.45) is 5.50. The summed E-state index contributed by atoms with van der Waals surface area (Å²) in [6.45, 7) is 10.6. The smallest absolute Gasteiger partial charge is 0.276 e. The number of amides is 1. The van der Waals surface area contributed by atoms with Crippen LogP contribution < -0.4 is 5.32 Å². The Balaban J connectivity index is 1.73. The highest BCUT2D eigenvalue weighted by molar-refractivity contribution is 5.95. The Bertz CT molecular complexity index is 1060. The maximum absolute atomic E-state index is 12.9. The Morgan fingerprint density at radius 3 is 2.64 bits per heavy atom. The summed E-state index contributed by atoms with van der Waals surface area (Å²) in [7, 11) is 1.74.